The lowest BCUT2D eigenvalue weighted by Gasteiger charge is -2.20. The quantitative estimate of drug-likeness (QED) is 0.0782. The Kier molecular flexibility index (Phi) is 22.9. The summed E-state index contributed by atoms with van der Waals surface area (Å²) in [7, 11) is 0. The van der Waals surface area contributed by atoms with Gasteiger partial charge in [-0.05, 0) is 31.1 Å². The lowest BCUT2D eigenvalue weighted by Crippen LogP contribution is -2.30. The van der Waals surface area contributed by atoms with E-state index in [1.807, 2.05) is 0 Å². The van der Waals surface area contributed by atoms with Gasteiger partial charge in [0, 0.05) is 0 Å². The molecule has 0 aromatic rings. The molecule has 4 nitrogen and oxygen atoms in total. The van der Waals surface area contributed by atoms with E-state index in [9.17, 15) is 9.59 Å². The zero-order valence-corrected chi connectivity index (χ0v) is 23.5. The Bertz CT molecular complexity index is 444. The van der Waals surface area contributed by atoms with Crippen molar-refractivity contribution in [2.45, 2.75) is 150 Å². The molecule has 2 atom stereocenters. The maximum absolute atomic E-state index is 12.9. The number of esters is 2. The van der Waals surface area contributed by atoms with Crippen molar-refractivity contribution in [1.29, 1.82) is 0 Å². The fourth-order valence-corrected chi connectivity index (χ4v) is 4.39. The molecular weight excluding hydrogens is 424 g/mol. The summed E-state index contributed by atoms with van der Waals surface area (Å²) in [4.78, 5) is 25.8. The van der Waals surface area contributed by atoms with Gasteiger partial charge in [0.05, 0.1) is 13.2 Å². The van der Waals surface area contributed by atoms with Crippen LogP contribution in [-0.2, 0) is 19.1 Å². The van der Waals surface area contributed by atoms with Gasteiger partial charge in [0.25, 0.3) is 0 Å². The summed E-state index contributed by atoms with van der Waals surface area (Å²) in [6.07, 6.45) is 20.2. The molecule has 0 saturated carbocycles. The van der Waals surface area contributed by atoms with E-state index >= 15 is 0 Å². The Balaban J connectivity index is 4.67. The summed E-state index contributed by atoms with van der Waals surface area (Å²) in [5.74, 6) is -0.752. The molecule has 4 heteroatoms. The minimum Gasteiger partial charge on any atom is -0.465 e. The molecule has 0 aliphatic rings. The fourth-order valence-electron chi connectivity index (χ4n) is 4.39. The first-order valence-electron chi connectivity index (χ1n) is 14.9. The SMILES string of the molecule is CCCCCCCCCCCC(C(=O)OCC(CC)CCCC)C(=O)OCC(CC)CCCC. The maximum atomic E-state index is 12.9. The monoisotopic (exact) mass is 482 g/mol. The van der Waals surface area contributed by atoms with E-state index in [2.05, 4.69) is 34.6 Å². The largest absolute Gasteiger partial charge is 0.465 e. The average Bonchev–Trinajstić information content (AvgIpc) is 2.85. The van der Waals surface area contributed by atoms with E-state index in [1.165, 1.54) is 44.9 Å². The third-order valence-corrected chi connectivity index (χ3v) is 7.17. The molecule has 0 saturated heterocycles. The molecule has 34 heavy (non-hydrogen) atoms. The van der Waals surface area contributed by atoms with E-state index in [-0.39, 0.29) is 11.9 Å². The van der Waals surface area contributed by atoms with Crippen molar-refractivity contribution in [2.24, 2.45) is 17.8 Å². The van der Waals surface area contributed by atoms with E-state index in [0.29, 0.717) is 31.5 Å². The third kappa shape index (κ3) is 17.4. The van der Waals surface area contributed by atoms with Crippen molar-refractivity contribution in [3.8, 4) is 0 Å². The third-order valence-electron chi connectivity index (χ3n) is 7.17. The molecule has 2 unspecified atom stereocenters. The smallest absolute Gasteiger partial charge is 0.320 e. The van der Waals surface area contributed by atoms with Crippen LogP contribution in [0.4, 0.5) is 0 Å². The highest BCUT2D eigenvalue weighted by atomic mass is 16.6. The van der Waals surface area contributed by atoms with Crippen LogP contribution in [0, 0.1) is 17.8 Å². The van der Waals surface area contributed by atoms with E-state index in [4.69, 9.17) is 9.47 Å². The first-order chi connectivity index (χ1) is 16.5. The van der Waals surface area contributed by atoms with Crippen LogP contribution in [0.15, 0.2) is 0 Å². The molecule has 0 heterocycles. The number of ether oxygens (including phenoxy) is 2. The number of carbonyl (C=O) groups excluding carboxylic acids is 2. The normalized spacial score (nSPS) is 13.9. The lowest BCUT2D eigenvalue weighted by molar-refractivity contribution is -0.164. The fraction of sp³-hybridized carbons (Fsp3) is 0.933. The van der Waals surface area contributed by atoms with Crippen LogP contribution in [0.25, 0.3) is 0 Å². The van der Waals surface area contributed by atoms with Crippen molar-refractivity contribution in [2.75, 3.05) is 13.2 Å². The van der Waals surface area contributed by atoms with Crippen LogP contribution < -0.4 is 0 Å². The Morgan fingerprint density at radius 1 is 0.500 bits per heavy atom. The second-order valence-electron chi connectivity index (χ2n) is 10.3. The summed E-state index contributed by atoms with van der Waals surface area (Å²) in [5.41, 5.74) is 0. The molecule has 0 amide bonds. The standard InChI is InChI=1S/C30H58O4/c1-6-11-14-15-16-17-18-19-20-23-28(29(31)33-24-26(9-4)21-12-7-2)30(32)34-25-27(10-5)22-13-8-3/h26-28H,6-25H2,1-5H3. The number of rotatable bonds is 24. The van der Waals surface area contributed by atoms with Crippen molar-refractivity contribution >= 4 is 11.9 Å². The zero-order chi connectivity index (χ0) is 25.4. The van der Waals surface area contributed by atoms with E-state index < -0.39 is 5.92 Å². The van der Waals surface area contributed by atoms with E-state index in [0.717, 1.165) is 64.2 Å². The minimum absolute atomic E-state index is 0.374. The van der Waals surface area contributed by atoms with Crippen molar-refractivity contribution < 1.29 is 19.1 Å². The molecule has 0 radical (unpaired) electrons. The van der Waals surface area contributed by atoms with Crippen molar-refractivity contribution in [3.05, 3.63) is 0 Å². The van der Waals surface area contributed by atoms with Gasteiger partial charge < -0.3 is 9.47 Å². The van der Waals surface area contributed by atoms with Gasteiger partial charge in [0.15, 0.2) is 5.92 Å². The predicted octanol–water partition coefficient (Wildman–Crippen LogP) is 9.04. The van der Waals surface area contributed by atoms with Crippen LogP contribution in [-0.4, -0.2) is 25.2 Å². The molecule has 0 aromatic heterocycles. The van der Waals surface area contributed by atoms with Crippen molar-refractivity contribution in [1.82, 2.24) is 0 Å². The van der Waals surface area contributed by atoms with Crippen LogP contribution in [0.2, 0.25) is 0 Å². The second-order valence-corrected chi connectivity index (χ2v) is 10.3. The Morgan fingerprint density at radius 2 is 0.882 bits per heavy atom. The molecule has 0 aliphatic heterocycles. The Labute approximate surface area is 212 Å². The van der Waals surface area contributed by atoms with Gasteiger partial charge in [0.2, 0.25) is 0 Å². The highest BCUT2D eigenvalue weighted by molar-refractivity contribution is 5.94. The van der Waals surface area contributed by atoms with Crippen LogP contribution in [0.1, 0.15) is 150 Å². The molecule has 0 aromatic carbocycles. The summed E-state index contributed by atoms with van der Waals surface area (Å²) in [6, 6.07) is 0. The maximum Gasteiger partial charge on any atom is 0.320 e. The number of unbranched alkanes of at least 4 members (excludes halogenated alkanes) is 10. The second kappa shape index (κ2) is 23.7. The first-order valence-corrected chi connectivity index (χ1v) is 14.9. The Hall–Kier alpha value is -1.06. The lowest BCUT2D eigenvalue weighted by atomic mass is 9.98. The topological polar surface area (TPSA) is 52.6 Å². The van der Waals surface area contributed by atoms with Crippen LogP contribution in [0.3, 0.4) is 0 Å². The van der Waals surface area contributed by atoms with Gasteiger partial charge in [0.1, 0.15) is 0 Å². The van der Waals surface area contributed by atoms with Gasteiger partial charge in [-0.25, -0.2) is 0 Å². The summed E-state index contributed by atoms with van der Waals surface area (Å²) in [5, 5.41) is 0. The molecule has 0 rings (SSSR count). The predicted molar refractivity (Wildman–Crippen MR) is 144 cm³/mol. The minimum atomic E-state index is -0.767. The van der Waals surface area contributed by atoms with Crippen LogP contribution >= 0.6 is 0 Å². The van der Waals surface area contributed by atoms with Crippen LogP contribution in [0.5, 0.6) is 0 Å². The number of hydrogen-bond donors (Lipinski definition) is 0. The van der Waals surface area contributed by atoms with Crippen molar-refractivity contribution in [3.63, 3.8) is 0 Å². The molecule has 0 aliphatic carbocycles. The number of hydrogen-bond acceptors (Lipinski definition) is 4. The molecular formula is C30H58O4. The zero-order valence-electron chi connectivity index (χ0n) is 23.5. The summed E-state index contributed by atoms with van der Waals surface area (Å²) in [6.45, 7) is 11.7. The number of carbonyl (C=O) groups is 2. The first kappa shape index (κ1) is 32.9. The Morgan fingerprint density at radius 3 is 1.26 bits per heavy atom. The van der Waals surface area contributed by atoms with Gasteiger partial charge >= 0.3 is 11.9 Å². The molecule has 0 N–H and O–H groups in total. The van der Waals surface area contributed by atoms with E-state index in [1.54, 1.807) is 0 Å². The molecule has 0 fully saturated rings. The molecule has 0 bridgehead atoms. The van der Waals surface area contributed by atoms with Gasteiger partial charge in [-0.3, -0.25) is 9.59 Å². The van der Waals surface area contributed by atoms with Gasteiger partial charge in [-0.1, -0.05) is 131 Å². The highest BCUT2D eigenvalue weighted by Gasteiger charge is 2.30. The van der Waals surface area contributed by atoms with Gasteiger partial charge in [-0.2, -0.15) is 0 Å². The van der Waals surface area contributed by atoms with Gasteiger partial charge in [-0.15, -0.1) is 0 Å². The molecule has 202 valence electrons. The molecule has 0 spiro atoms. The summed E-state index contributed by atoms with van der Waals surface area (Å²) < 4.78 is 11.3. The highest BCUT2D eigenvalue weighted by Crippen LogP contribution is 2.20. The average molecular weight is 483 g/mol. The summed E-state index contributed by atoms with van der Waals surface area (Å²) >= 11 is 0.